The van der Waals surface area contributed by atoms with Crippen molar-refractivity contribution in [2.45, 2.75) is 57.7 Å². The van der Waals surface area contributed by atoms with Crippen LogP contribution in [-0.2, 0) is 16.6 Å². The molecule has 5 rings (SSSR count). The van der Waals surface area contributed by atoms with Gasteiger partial charge < -0.3 is 14.6 Å². The molecule has 1 spiro atoms. The minimum absolute atomic E-state index is 0.0442. The lowest BCUT2D eigenvalue weighted by Crippen LogP contribution is -2.69. The lowest BCUT2D eigenvalue weighted by atomic mass is 9.46. The molecule has 3 nitrogen and oxygen atoms in total. The Kier molecular flexibility index (Phi) is 2.82. The van der Waals surface area contributed by atoms with E-state index in [1.807, 2.05) is 0 Å². The van der Waals surface area contributed by atoms with E-state index in [9.17, 15) is 5.11 Å². The fraction of sp³-hybridized carbons (Fsp3) is 0.684. The van der Waals surface area contributed by atoms with Gasteiger partial charge in [0.1, 0.15) is 5.75 Å². The first-order valence-electron chi connectivity index (χ1n) is 8.38. The predicted octanol–water partition coefficient (Wildman–Crippen LogP) is 3.34. The number of hydrogen-bond acceptors (Lipinski definition) is 3. The van der Waals surface area contributed by atoms with Crippen LogP contribution in [0.4, 0.5) is 0 Å². The summed E-state index contributed by atoms with van der Waals surface area (Å²) in [4.78, 5) is 0. The lowest BCUT2D eigenvalue weighted by molar-refractivity contribution is -0.356. The van der Waals surface area contributed by atoms with Gasteiger partial charge in [-0.05, 0) is 54.9 Å². The molecule has 0 radical (unpaired) electrons. The molecule has 0 unspecified atom stereocenters. The highest BCUT2D eigenvalue weighted by atomic mass is 16.6. The fourth-order valence-electron chi connectivity index (χ4n) is 5.51. The summed E-state index contributed by atoms with van der Waals surface area (Å²) in [6, 6.07) is 4.54. The van der Waals surface area contributed by atoms with Crippen LogP contribution in [0.1, 0.15) is 49.8 Å². The molecular weight excluding hydrogens is 276 g/mol. The number of methoxy groups -OCH3 is 1. The summed E-state index contributed by atoms with van der Waals surface area (Å²) in [6.07, 6.45) is 3.96. The Bertz CT molecular complexity index is 624. The van der Waals surface area contributed by atoms with Crippen LogP contribution < -0.4 is 4.74 Å². The van der Waals surface area contributed by atoms with Gasteiger partial charge in [0.25, 0.3) is 0 Å². The molecule has 3 heteroatoms. The Morgan fingerprint density at radius 1 is 1.27 bits per heavy atom. The van der Waals surface area contributed by atoms with Crippen molar-refractivity contribution < 1.29 is 14.6 Å². The van der Waals surface area contributed by atoms with Crippen LogP contribution in [-0.4, -0.2) is 24.6 Å². The molecule has 1 aromatic rings. The molecule has 1 N–H and O–H groups in total. The molecule has 0 amide bonds. The van der Waals surface area contributed by atoms with E-state index in [-0.39, 0.29) is 10.8 Å². The van der Waals surface area contributed by atoms with Gasteiger partial charge in [0, 0.05) is 17.3 Å². The number of hydrogen-bond donors (Lipinski definition) is 1. The minimum Gasteiger partial charge on any atom is -0.496 e. The van der Waals surface area contributed by atoms with E-state index in [1.165, 1.54) is 16.7 Å². The normalized spacial score (nSPS) is 38.3. The van der Waals surface area contributed by atoms with Gasteiger partial charge in [0.2, 0.25) is 0 Å². The smallest absolute Gasteiger partial charge is 0.170 e. The fourth-order valence-corrected chi connectivity index (χ4v) is 5.51. The van der Waals surface area contributed by atoms with Gasteiger partial charge in [-0.3, -0.25) is 0 Å². The molecule has 120 valence electrons. The topological polar surface area (TPSA) is 38.7 Å². The predicted molar refractivity (Wildman–Crippen MR) is 85.1 cm³/mol. The number of rotatable bonds is 1. The van der Waals surface area contributed by atoms with Crippen molar-refractivity contribution in [1.29, 1.82) is 0 Å². The maximum absolute atomic E-state index is 10.9. The quantitative estimate of drug-likeness (QED) is 0.864. The van der Waals surface area contributed by atoms with Crippen LogP contribution in [0.15, 0.2) is 12.1 Å². The second kappa shape index (κ2) is 4.27. The molecule has 0 aromatic heterocycles. The minimum atomic E-state index is -0.953. The average molecular weight is 302 g/mol. The van der Waals surface area contributed by atoms with Gasteiger partial charge in [-0.2, -0.15) is 0 Å². The number of ether oxygens (including phenoxy) is 2. The average Bonchev–Trinajstić information content (AvgIpc) is 2.48. The number of fused-ring (bicyclic) bond motifs is 3. The van der Waals surface area contributed by atoms with E-state index in [2.05, 4.69) is 32.9 Å². The maximum Gasteiger partial charge on any atom is 0.170 e. The van der Waals surface area contributed by atoms with Gasteiger partial charge in [0.15, 0.2) is 5.79 Å². The Morgan fingerprint density at radius 2 is 2.05 bits per heavy atom. The summed E-state index contributed by atoms with van der Waals surface area (Å²) in [7, 11) is 1.74. The maximum atomic E-state index is 10.9. The van der Waals surface area contributed by atoms with E-state index in [4.69, 9.17) is 9.47 Å². The summed E-state index contributed by atoms with van der Waals surface area (Å²) in [5, 5.41) is 10.9. The van der Waals surface area contributed by atoms with Gasteiger partial charge in [-0.1, -0.05) is 19.9 Å². The van der Waals surface area contributed by atoms with Gasteiger partial charge in [0.05, 0.1) is 13.7 Å². The molecule has 4 aliphatic rings. The van der Waals surface area contributed by atoms with Crippen molar-refractivity contribution in [1.82, 2.24) is 0 Å². The summed E-state index contributed by atoms with van der Waals surface area (Å²) in [5.74, 6) is 0.483. The van der Waals surface area contributed by atoms with Crippen molar-refractivity contribution >= 4 is 0 Å². The molecule has 2 saturated heterocycles. The summed E-state index contributed by atoms with van der Waals surface area (Å²) in [5.41, 5.74) is 3.89. The third-order valence-electron chi connectivity index (χ3n) is 6.88. The molecular formula is C19H26O3. The van der Waals surface area contributed by atoms with E-state index in [1.54, 1.807) is 7.11 Å². The second-order valence-electron chi connectivity index (χ2n) is 8.02. The Morgan fingerprint density at radius 3 is 2.68 bits per heavy atom. The second-order valence-corrected chi connectivity index (χ2v) is 8.02. The Balaban J connectivity index is 1.91. The molecule has 1 saturated carbocycles. The molecule has 1 aromatic carbocycles. The third kappa shape index (κ3) is 1.54. The van der Waals surface area contributed by atoms with E-state index >= 15 is 0 Å². The molecule has 3 fully saturated rings. The first-order valence-corrected chi connectivity index (χ1v) is 8.38. The monoisotopic (exact) mass is 302 g/mol. The van der Waals surface area contributed by atoms with Gasteiger partial charge >= 0.3 is 0 Å². The molecule has 22 heavy (non-hydrogen) atoms. The third-order valence-corrected chi connectivity index (χ3v) is 6.88. The summed E-state index contributed by atoms with van der Waals surface area (Å²) in [6.45, 7) is 7.11. The number of aliphatic hydroxyl groups is 1. The summed E-state index contributed by atoms with van der Waals surface area (Å²) >= 11 is 0. The first kappa shape index (κ1) is 14.5. The Labute approximate surface area is 132 Å². The van der Waals surface area contributed by atoms with Crippen molar-refractivity contribution in [3.63, 3.8) is 0 Å². The van der Waals surface area contributed by atoms with Crippen LogP contribution in [0.5, 0.6) is 5.75 Å². The summed E-state index contributed by atoms with van der Waals surface area (Å²) < 4.78 is 11.6. The van der Waals surface area contributed by atoms with E-state index < -0.39 is 5.79 Å². The van der Waals surface area contributed by atoms with Crippen LogP contribution in [0.3, 0.4) is 0 Å². The number of aryl methyl sites for hydroxylation is 2. The van der Waals surface area contributed by atoms with E-state index in [0.717, 1.165) is 31.4 Å². The van der Waals surface area contributed by atoms with Crippen LogP contribution in [0.25, 0.3) is 0 Å². The largest absolute Gasteiger partial charge is 0.496 e. The van der Waals surface area contributed by atoms with Crippen molar-refractivity contribution in [3.8, 4) is 5.75 Å². The molecule has 2 aliphatic carbocycles. The standard InChI is InChI=1S/C19H26O3/c1-12-9-13-5-6-16-17(2,3)19(20)8-7-18(16,11-22-19)14(13)10-15(12)21-4/h9-10,16,20H,5-8,11H2,1-4H3/t16-,18-,19-/m1/s1. The van der Waals surface area contributed by atoms with Gasteiger partial charge in [-0.15, -0.1) is 0 Å². The Hall–Kier alpha value is -1.06. The highest BCUT2D eigenvalue weighted by Gasteiger charge is 2.66. The first-order chi connectivity index (χ1) is 10.3. The number of benzene rings is 1. The SMILES string of the molecule is COc1cc2c(cc1C)CC[C@@H]1C(C)(C)[C@@]3(O)CC[C@@]21CO3. The zero-order chi connectivity index (χ0) is 15.8. The zero-order valence-corrected chi connectivity index (χ0v) is 14.0. The molecule has 2 bridgehead atoms. The van der Waals surface area contributed by atoms with Crippen molar-refractivity contribution in [2.24, 2.45) is 11.3 Å². The molecule has 3 atom stereocenters. The van der Waals surface area contributed by atoms with Crippen LogP contribution in [0, 0.1) is 18.3 Å². The van der Waals surface area contributed by atoms with Gasteiger partial charge in [-0.25, -0.2) is 0 Å². The van der Waals surface area contributed by atoms with Crippen molar-refractivity contribution in [2.75, 3.05) is 13.7 Å². The van der Waals surface area contributed by atoms with E-state index in [0.29, 0.717) is 12.5 Å². The van der Waals surface area contributed by atoms with Crippen LogP contribution >= 0.6 is 0 Å². The lowest BCUT2D eigenvalue weighted by Gasteiger charge is -2.66. The zero-order valence-electron chi connectivity index (χ0n) is 14.0. The van der Waals surface area contributed by atoms with Crippen molar-refractivity contribution in [3.05, 3.63) is 28.8 Å². The highest BCUT2D eigenvalue weighted by Crippen LogP contribution is 2.64. The molecule has 2 aliphatic heterocycles. The highest BCUT2D eigenvalue weighted by molar-refractivity contribution is 5.49. The van der Waals surface area contributed by atoms with Crippen LogP contribution in [0.2, 0.25) is 0 Å². The molecule has 2 heterocycles.